The quantitative estimate of drug-likeness (QED) is 0.688. The maximum absolute atomic E-state index is 12.1. The minimum absolute atomic E-state index is 0. The zero-order chi connectivity index (χ0) is 16.3. The molecule has 23 heavy (non-hydrogen) atoms. The van der Waals surface area contributed by atoms with E-state index in [2.05, 4.69) is 10.0 Å². The average Bonchev–Trinajstić information content (AvgIpc) is 3.29. The summed E-state index contributed by atoms with van der Waals surface area (Å²) in [7, 11) is -3.47. The van der Waals surface area contributed by atoms with Crippen LogP contribution in [0.3, 0.4) is 0 Å². The van der Waals surface area contributed by atoms with E-state index in [-0.39, 0.29) is 35.2 Å². The summed E-state index contributed by atoms with van der Waals surface area (Å²) in [5, 5.41) is 2.73. The van der Waals surface area contributed by atoms with Crippen molar-refractivity contribution in [2.75, 3.05) is 11.9 Å². The molecule has 1 saturated carbocycles. The molecule has 0 aromatic heterocycles. The number of sulfonamides is 1. The average molecular weight is 362 g/mol. The Morgan fingerprint density at radius 1 is 1.26 bits per heavy atom. The Labute approximate surface area is 143 Å². The van der Waals surface area contributed by atoms with Crippen LogP contribution in [0.5, 0.6) is 0 Å². The Hall–Kier alpha value is -1.15. The molecule has 0 saturated heterocycles. The van der Waals surface area contributed by atoms with E-state index in [4.69, 9.17) is 5.73 Å². The van der Waals surface area contributed by atoms with Crippen LogP contribution in [-0.4, -0.2) is 26.9 Å². The summed E-state index contributed by atoms with van der Waals surface area (Å²) < 4.78 is 26.8. The molecule has 0 spiro atoms. The van der Waals surface area contributed by atoms with E-state index in [1.54, 1.807) is 26.0 Å². The molecule has 0 aliphatic heterocycles. The maximum atomic E-state index is 12.1. The lowest BCUT2D eigenvalue weighted by Crippen LogP contribution is -2.34. The van der Waals surface area contributed by atoms with Crippen LogP contribution in [0.15, 0.2) is 29.2 Å². The van der Waals surface area contributed by atoms with Crippen molar-refractivity contribution in [1.82, 2.24) is 4.72 Å². The fraction of sp³-hybridized carbons (Fsp3) is 0.533. The lowest BCUT2D eigenvalue weighted by atomic mass is 10.0. The second kappa shape index (κ2) is 8.10. The molecular formula is C15H24ClN3O3S. The molecule has 0 heterocycles. The third-order valence-corrected chi connectivity index (χ3v) is 5.33. The zero-order valence-electron chi connectivity index (χ0n) is 13.3. The van der Waals surface area contributed by atoms with Gasteiger partial charge in [-0.3, -0.25) is 4.79 Å². The number of carbonyl (C=O) groups is 1. The Balaban J connectivity index is 0.00000264. The SMILES string of the molecule is CC(N)C(C)C(=O)Nc1ccc(S(=O)(=O)NCC2CC2)cc1.Cl. The van der Waals surface area contributed by atoms with Crippen molar-refractivity contribution in [2.45, 2.75) is 37.6 Å². The molecule has 2 unspecified atom stereocenters. The highest BCUT2D eigenvalue weighted by Crippen LogP contribution is 2.28. The van der Waals surface area contributed by atoms with Crippen molar-refractivity contribution in [3.63, 3.8) is 0 Å². The third kappa shape index (κ3) is 5.76. The molecule has 1 aromatic rings. The molecule has 6 nitrogen and oxygen atoms in total. The van der Waals surface area contributed by atoms with Crippen LogP contribution in [0.2, 0.25) is 0 Å². The number of hydrogen-bond acceptors (Lipinski definition) is 4. The van der Waals surface area contributed by atoms with E-state index in [0.29, 0.717) is 18.2 Å². The summed E-state index contributed by atoms with van der Waals surface area (Å²) in [6.45, 7) is 4.01. The van der Waals surface area contributed by atoms with Gasteiger partial charge in [0, 0.05) is 18.3 Å². The van der Waals surface area contributed by atoms with Crippen LogP contribution in [0.4, 0.5) is 5.69 Å². The van der Waals surface area contributed by atoms with Crippen molar-refractivity contribution < 1.29 is 13.2 Å². The van der Waals surface area contributed by atoms with Crippen molar-refractivity contribution in [3.05, 3.63) is 24.3 Å². The molecule has 2 atom stereocenters. The molecule has 2 rings (SSSR count). The molecule has 1 fully saturated rings. The van der Waals surface area contributed by atoms with E-state index in [1.807, 2.05) is 0 Å². The van der Waals surface area contributed by atoms with Crippen LogP contribution < -0.4 is 15.8 Å². The van der Waals surface area contributed by atoms with Gasteiger partial charge in [0.2, 0.25) is 15.9 Å². The number of anilines is 1. The van der Waals surface area contributed by atoms with Gasteiger partial charge in [-0.15, -0.1) is 12.4 Å². The van der Waals surface area contributed by atoms with Crippen LogP contribution >= 0.6 is 12.4 Å². The fourth-order valence-electron chi connectivity index (χ4n) is 1.85. The molecule has 1 aliphatic rings. The van der Waals surface area contributed by atoms with Crippen LogP contribution in [-0.2, 0) is 14.8 Å². The molecule has 0 bridgehead atoms. The second-order valence-corrected chi connectivity index (χ2v) is 7.72. The van der Waals surface area contributed by atoms with E-state index < -0.39 is 10.0 Å². The van der Waals surface area contributed by atoms with Crippen molar-refractivity contribution in [2.24, 2.45) is 17.6 Å². The first kappa shape index (κ1) is 19.9. The summed E-state index contributed by atoms with van der Waals surface area (Å²) in [6.07, 6.45) is 2.18. The summed E-state index contributed by atoms with van der Waals surface area (Å²) in [5.74, 6) is -0.0193. The van der Waals surface area contributed by atoms with Gasteiger partial charge < -0.3 is 11.1 Å². The Morgan fingerprint density at radius 2 is 1.83 bits per heavy atom. The first-order valence-corrected chi connectivity index (χ1v) is 8.94. The number of amides is 1. The van der Waals surface area contributed by atoms with E-state index >= 15 is 0 Å². The minimum atomic E-state index is -3.47. The van der Waals surface area contributed by atoms with Crippen molar-refractivity contribution in [3.8, 4) is 0 Å². The van der Waals surface area contributed by atoms with Crippen molar-refractivity contribution >= 4 is 34.0 Å². The van der Waals surface area contributed by atoms with Gasteiger partial charge in [0.1, 0.15) is 0 Å². The number of carbonyl (C=O) groups excluding carboxylic acids is 1. The summed E-state index contributed by atoms with van der Waals surface area (Å²) >= 11 is 0. The number of rotatable bonds is 7. The minimum Gasteiger partial charge on any atom is -0.327 e. The molecule has 130 valence electrons. The van der Waals surface area contributed by atoms with E-state index in [1.165, 1.54) is 12.1 Å². The topological polar surface area (TPSA) is 101 Å². The summed E-state index contributed by atoms with van der Waals surface area (Å²) in [5.41, 5.74) is 6.24. The van der Waals surface area contributed by atoms with Gasteiger partial charge in [-0.05, 0) is 49.9 Å². The number of nitrogens with one attached hydrogen (secondary N) is 2. The normalized spacial score (nSPS) is 17.0. The Kier molecular flexibility index (Phi) is 7.01. The highest BCUT2D eigenvalue weighted by Gasteiger charge is 2.24. The Morgan fingerprint density at radius 3 is 2.30 bits per heavy atom. The fourth-order valence-corrected chi connectivity index (χ4v) is 2.96. The van der Waals surface area contributed by atoms with Gasteiger partial charge in [-0.1, -0.05) is 6.92 Å². The first-order chi connectivity index (χ1) is 10.3. The molecule has 8 heteroatoms. The smallest absolute Gasteiger partial charge is 0.240 e. The molecular weight excluding hydrogens is 338 g/mol. The molecule has 1 amide bonds. The Bertz CT molecular complexity index is 628. The predicted molar refractivity (Wildman–Crippen MR) is 93.0 cm³/mol. The maximum Gasteiger partial charge on any atom is 0.240 e. The zero-order valence-corrected chi connectivity index (χ0v) is 14.9. The standard InChI is InChI=1S/C15H23N3O3S.ClH/c1-10(11(2)16)15(19)18-13-5-7-14(8-6-13)22(20,21)17-9-12-3-4-12;/h5-8,10-12,17H,3-4,9,16H2,1-2H3,(H,18,19);1H. The van der Waals surface area contributed by atoms with Crippen LogP contribution in [0.1, 0.15) is 26.7 Å². The van der Waals surface area contributed by atoms with Crippen molar-refractivity contribution in [1.29, 1.82) is 0 Å². The van der Waals surface area contributed by atoms with E-state index in [0.717, 1.165) is 12.8 Å². The summed E-state index contributed by atoms with van der Waals surface area (Å²) in [6, 6.07) is 5.89. The lowest BCUT2D eigenvalue weighted by molar-refractivity contribution is -0.119. The number of halogens is 1. The molecule has 0 radical (unpaired) electrons. The van der Waals surface area contributed by atoms with Gasteiger partial charge >= 0.3 is 0 Å². The predicted octanol–water partition coefficient (Wildman–Crippen LogP) is 1.72. The molecule has 1 aliphatic carbocycles. The first-order valence-electron chi connectivity index (χ1n) is 7.46. The van der Waals surface area contributed by atoms with Gasteiger partial charge in [-0.2, -0.15) is 0 Å². The van der Waals surface area contributed by atoms with Gasteiger partial charge in [0.05, 0.1) is 10.8 Å². The second-order valence-electron chi connectivity index (χ2n) is 5.96. The summed E-state index contributed by atoms with van der Waals surface area (Å²) in [4.78, 5) is 12.1. The molecule has 4 N–H and O–H groups in total. The van der Waals surface area contributed by atoms with Gasteiger partial charge in [0.15, 0.2) is 0 Å². The highest BCUT2D eigenvalue weighted by molar-refractivity contribution is 7.89. The number of nitrogens with two attached hydrogens (primary N) is 1. The number of benzene rings is 1. The lowest BCUT2D eigenvalue weighted by Gasteiger charge is -2.15. The van der Waals surface area contributed by atoms with Gasteiger partial charge in [-0.25, -0.2) is 13.1 Å². The monoisotopic (exact) mass is 361 g/mol. The largest absolute Gasteiger partial charge is 0.327 e. The van der Waals surface area contributed by atoms with E-state index in [9.17, 15) is 13.2 Å². The third-order valence-electron chi connectivity index (χ3n) is 3.89. The molecule has 1 aromatic carbocycles. The van der Waals surface area contributed by atoms with Gasteiger partial charge in [0.25, 0.3) is 0 Å². The number of hydrogen-bond donors (Lipinski definition) is 3. The van der Waals surface area contributed by atoms with Crippen LogP contribution in [0, 0.1) is 11.8 Å². The van der Waals surface area contributed by atoms with Crippen LogP contribution in [0.25, 0.3) is 0 Å². The highest BCUT2D eigenvalue weighted by atomic mass is 35.5.